The third-order valence-corrected chi connectivity index (χ3v) is 6.54. The summed E-state index contributed by atoms with van der Waals surface area (Å²) in [7, 11) is -3.95. The Kier molecular flexibility index (Phi) is 8.81. The fourth-order valence-corrected chi connectivity index (χ4v) is 4.57. The summed E-state index contributed by atoms with van der Waals surface area (Å²) >= 11 is 1.72. The summed E-state index contributed by atoms with van der Waals surface area (Å²) in [5.41, 5.74) is 1.23. The fourth-order valence-electron chi connectivity index (χ4n) is 2.82. The van der Waals surface area contributed by atoms with Gasteiger partial charge in [-0.1, -0.05) is 35.9 Å². The highest BCUT2D eigenvalue weighted by molar-refractivity contribution is 7.98. The van der Waals surface area contributed by atoms with Crippen molar-refractivity contribution in [2.24, 2.45) is 0 Å². The lowest BCUT2D eigenvalue weighted by atomic mass is 10.2. The van der Waals surface area contributed by atoms with Gasteiger partial charge in [-0.15, -0.1) is 0 Å². The molecule has 0 spiro atoms. The zero-order valence-electron chi connectivity index (χ0n) is 17.3. The minimum atomic E-state index is -4.61. The topological polar surface area (TPSA) is 66.5 Å². The van der Waals surface area contributed by atoms with Crippen LogP contribution in [0.15, 0.2) is 48.5 Å². The van der Waals surface area contributed by atoms with Crippen LogP contribution in [0.5, 0.6) is 0 Å². The molecule has 5 nitrogen and oxygen atoms in total. The van der Waals surface area contributed by atoms with Gasteiger partial charge in [-0.25, -0.2) is 8.42 Å². The van der Waals surface area contributed by atoms with E-state index in [0.29, 0.717) is 17.3 Å². The third kappa shape index (κ3) is 8.45. The molecule has 1 N–H and O–H groups in total. The van der Waals surface area contributed by atoms with Crippen molar-refractivity contribution in [1.29, 1.82) is 0 Å². The summed E-state index contributed by atoms with van der Waals surface area (Å²) in [5.74, 6) is 1.08. The highest BCUT2D eigenvalue weighted by Crippen LogP contribution is 2.32. The second-order valence-electron chi connectivity index (χ2n) is 7.06. The Morgan fingerprint density at radius 3 is 2.48 bits per heavy atom. The standard InChI is InChI=1S/C21H25F3N2O3S2/c1-16-6-3-7-17(12-16)15-30-11-5-10-25-20(27)14-26(31(2,28)29)19-9-4-8-18(13-19)21(22,23)24/h3-4,6-9,12-13H,5,10-11,14-15H2,1-2H3,(H,25,27). The molecule has 0 aliphatic heterocycles. The van der Waals surface area contributed by atoms with E-state index in [0.717, 1.165) is 36.0 Å². The first-order chi connectivity index (χ1) is 14.5. The van der Waals surface area contributed by atoms with E-state index >= 15 is 0 Å². The first-order valence-corrected chi connectivity index (χ1v) is 12.5. The maximum Gasteiger partial charge on any atom is 0.416 e. The molecule has 0 atom stereocenters. The van der Waals surface area contributed by atoms with Gasteiger partial charge in [-0.3, -0.25) is 9.10 Å². The van der Waals surface area contributed by atoms with E-state index in [1.807, 2.05) is 19.1 Å². The van der Waals surface area contributed by atoms with E-state index < -0.39 is 34.2 Å². The Morgan fingerprint density at radius 2 is 1.84 bits per heavy atom. The molecular formula is C21H25F3N2O3S2. The summed E-state index contributed by atoms with van der Waals surface area (Å²) in [6, 6.07) is 12.1. The van der Waals surface area contributed by atoms with Crippen molar-refractivity contribution >= 4 is 33.4 Å². The van der Waals surface area contributed by atoms with E-state index in [1.54, 1.807) is 11.8 Å². The molecular weight excluding hydrogens is 449 g/mol. The number of benzene rings is 2. The van der Waals surface area contributed by atoms with Crippen LogP contribution in [-0.2, 0) is 26.7 Å². The molecule has 0 radical (unpaired) electrons. The van der Waals surface area contributed by atoms with Gasteiger partial charge in [0.15, 0.2) is 0 Å². The minimum Gasteiger partial charge on any atom is -0.354 e. The van der Waals surface area contributed by atoms with Crippen LogP contribution in [-0.4, -0.2) is 39.4 Å². The normalized spacial score (nSPS) is 11.9. The summed E-state index contributed by atoms with van der Waals surface area (Å²) in [4.78, 5) is 12.2. The maximum atomic E-state index is 12.9. The molecule has 0 aliphatic carbocycles. The predicted octanol–water partition coefficient (Wildman–Crippen LogP) is 4.22. The highest BCUT2D eigenvalue weighted by atomic mass is 32.2. The van der Waals surface area contributed by atoms with Crippen LogP contribution < -0.4 is 9.62 Å². The van der Waals surface area contributed by atoms with Gasteiger partial charge in [0.1, 0.15) is 6.54 Å². The first kappa shape index (κ1) is 25.1. The quantitative estimate of drug-likeness (QED) is 0.524. The van der Waals surface area contributed by atoms with Crippen LogP contribution >= 0.6 is 11.8 Å². The molecule has 2 rings (SSSR count). The first-order valence-electron chi connectivity index (χ1n) is 9.52. The van der Waals surface area contributed by atoms with Crippen molar-refractivity contribution in [2.45, 2.75) is 25.3 Å². The molecule has 0 aliphatic rings. The van der Waals surface area contributed by atoms with E-state index in [4.69, 9.17) is 0 Å². The lowest BCUT2D eigenvalue weighted by Gasteiger charge is -2.22. The van der Waals surface area contributed by atoms with Crippen molar-refractivity contribution in [3.63, 3.8) is 0 Å². The number of nitrogens with one attached hydrogen (secondary N) is 1. The number of amides is 1. The number of rotatable bonds is 10. The Bertz CT molecular complexity index is 995. The number of aryl methyl sites for hydroxylation is 1. The molecule has 0 aromatic heterocycles. The number of thioether (sulfide) groups is 1. The summed E-state index contributed by atoms with van der Waals surface area (Å²) < 4.78 is 63.6. The molecule has 2 aromatic carbocycles. The predicted molar refractivity (Wildman–Crippen MR) is 119 cm³/mol. The van der Waals surface area contributed by atoms with Gasteiger partial charge in [0.25, 0.3) is 0 Å². The molecule has 1 amide bonds. The largest absolute Gasteiger partial charge is 0.416 e. The lowest BCUT2D eigenvalue weighted by molar-refractivity contribution is -0.137. The maximum absolute atomic E-state index is 12.9. The van der Waals surface area contributed by atoms with Gasteiger partial charge in [0.2, 0.25) is 15.9 Å². The minimum absolute atomic E-state index is 0.207. The number of hydrogen-bond donors (Lipinski definition) is 1. The van der Waals surface area contributed by atoms with Crippen molar-refractivity contribution in [3.8, 4) is 0 Å². The zero-order chi connectivity index (χ0) is 23.1. The van der Waals surface area contributed by atoms with Gasteiger partial charge in [-0.05, 0) is 42.9 Å². The summed E-state index contributed by atoms with van der Waals surface area (Å²) in [6.07, 6.45) is -3.08. The Labute approximate surface area is 185 Å². The van der Waals surface area contributed by atoms with Crippen LogP contribution in [0, 0.1) is 6.92 Å². The highest BCUT2D eigenvalue weighted by Gasteiger charge is 2.31. The van der Waals surface area contributed by atoms with Crippen LogP contribution in [0.25, 0.3) is 0 Å². The lowest BCUT2D eigenvalue weighted by Crippen LogP contribution is -2.40. The summed E-state index contributed by atoms with van der Waals surface area (Å²) in [5, 5.41) is 2.63. The summed E-state index contributed by atoms with van der Waals surface area (Å²) in [6.45, 7) is 1.79. The van der Waals surface area contributed by atoms with Gasteiger partial charge >= 0.3 is 6.18 Å². The van der Waals surface area contributed by atoms with Gasteiger partial charge < -0.3 is 5.32 Å². The number of alkyl halides is 3. The molecule has 2 aromatic rings. The smallest absolute Gasteiger partial charge is 0.354 e. The number of carbonyl (C=O) groups excluding carboxylic acids is 1. The number of hydrogen-bond acceptors (Lipinski definition) is 4. The number of sulfonamides is 1. The Balaban J connectivity index is 1.85. The fraction of sp³-hybridized carbons (Fsp3) is 0.381. The van der Waals surface area contributed by atoms with E-state index in [1.165, 1.54) is 17.2 Å². The Hall–Kier alpha value is -2.20. The van der Waals surface area contributed by atoms with Crippen molar-refractivity contribution in [3.05, 3.63) is 65.2 Å². The average molecular weight is 475 g/mol. The molecule has 10 heteroatoms. The van der Waals surface area contributed by atoms with Crippen LogP contribution in [0.2, 0.25) is 0 Å². The van der Waals surface area contributed by atoms with Crippen molar-refractivity contribution in [1.82, 2.24) is 5.32 Å². The van der Waals surface area contributed by atoms with Gasteiger partial charge in [0, 0.05) is 12.3 Å². The van der Waals surface area contributed by atoms with E-state index in [-0.39, 0.29) is 5.69 Å². The molecule has 170 valence electrons. The molecule has 0 saturated carbocycles. The van der Waals surface area contributed by atoms with E-state index in [2.05, 4.69) is 17.4 Å². The number of carbonyl (C=O) groups is 1. The molecule has 0 saturated heterocycles. The van der Waals surface area contributed by atoms with Crippen molar-refractivity contribution in [2.75, 3.05) is 29.4 Å². The van der Waals surface area contributed by atoms with Crippen LogP contribution in [0.4, 0.5) is 18.9 Å². The number of anilines is 1. The van der Waals surface area contributed by atoms with Crippen LogP contribution in [0.1, 0.15) is 23.1 Å². The van der Waals surface area contributed by atoms with E-state index in [9.17, 15) is 26.4 Å². The average Bonchev–Trinajstić information content (AvgIpc) is 2.67. The Morgan fingerprint density at radius 1 is 1.13 bits per heavy atom. The molecule has 0 bridgehead atoms. The molecule has 31 heavy (non-hydrogen) atoms. The SMILES string of the molecule is Cc1cccc(CSCCCNC(=O)CN(c2cccc(C(F)(F)F)c2)S(C)(=O)=O)c1. The van der Waals surface area contributed by atoms with Gasteiger partial charge in [-0.2, -0.15) is 24.9 Å². The second-order valence-corrected chi connectivity index (χ2v) is 10.1. The monoisotopic (exact) mass is 474 g/mol. The zero-order valence-corrected chi connectivity index (χ0v) is 18.9. The van der Waals surface area contributed by atoms with Crippen LogP contribution in [0.3, 0.4) is 0 Å². The number of nitrogens with zero attached hydrogens (tertiary/aromatic N) is 1. The third-order valence-electron chi connectivity index (χ3n) is 4.29. The molecule has 0 fully saturated rings. The molecule has 0 heterocycles. The van der Waals surface area contributed by atoms with Crippen molar-refractivity contribution < 1.29 is 26.4 Å². The van der Waals surface area contributed by atoms with Gasteiger partial charge in [0.05, 0.1) is 17.5 Å². The molecule has 0 unspecified atom stereocenters. The number of halogens is 3. The second kappa shape index (κ2) is 10.9.